The molecule has 2 heterocycles. The molecule has 2 unspecified atom stereocenters. The van der Waals surface area contributed by atoms with Crippen LogP contribution in [0.15, 0.2) is 23.7 Å². The Morgan fingerprint density at radius 3 is 3.05 bits per heavy atom. The molecule has 0 saturated carbocycles. The number of aromatic nitrogens is 2. The van der Waals surface area contributed by atoms with Crippen LogP contribution < -0.4 is 0 Å². The molecule has 108 valence electrons. The van der Waals surface area contributed by atoms with Gasteiger partial charge in [0.05, 0.1) is 11.8 Å². The van der Waals surface area contributed by atoms with Crippen molar-refractivity contribution >= 4 is 11.3 Å². The minimum Gasteiger partial charge on any atom is -0.392 e. The van der Waals surface area contributed by atoms with Gasteiger partial charge in [0.25, 0.3) is 0 Å². The number of hydrogen-bond donors (Lipinski definition) is 1. The summed E-state index contributed by atoms with van der Waals surface area (Å²) in [6, 6.07) is 4.60. The van der Waals surface area contributed by atoms with Crippen molar-refractivity contribution in [3.05, 3.63) is 39.8 Å². The van der Waals surface area contributed by atoms with Crippen LogP contribution in [0.5, 0.6) is 0 Å². The number of rotatable bonds is 4. The third-order valence-electron chi connectivity index (χ3n) is 4.17. The lowest BCUT2D eigenvalue weighted by Crippen LogP contribution is -2.24. The van der Waals surface area contributed by atoms with Crippen LogP contribution >= 0.6 is 11.3 Å². The van der Waals surface area contributed by atoms with Gasteiger partial charge in [0.1, 0.15) is 0 Å². The summed E-state index contributed by atoms with van der Waals surface area (Å²) in [5.74, 6) is 0.286. The molecule has 0 fully saturated rings. The predicted molar refractivity (Wildman–Crippen MR) is 82.3 cm³/mol. The van der Waals surface area contributed by atoms with E-state index in [0.717, 1.165) is 12.1 Å². The number of aryl methyl sites for hydroxylation is 1. The first-order valence-corrected chi connectivity index (χ1v) is 8.31. The number of aliphatic hydroxyl groups is 1. The van der Waals surface area contributed by atoms with Crippen LogP contribution in [0, 0.1) is 0 Å². The maximum absolute atomic E-state index is 10.6. The summed E-state index contributed by atoms with van der Waals surface area (Å²) in [6.45, 7) is 4.23. The van der Waals surface area contributed by atoms with Crippen LogP contribution in [0.25, 0.3) is 0 Å². The van der Waals surface area contributed by atoms with E-state index in [1.54, 1.807) is 0 Å². The molecule has 0 spiro atoms. The van der Waals surface area contributed by atoms with E-state index in [9.17, 15) is 5.11 Å². The fourth-order valence-electron chi connectivity index (χ4n) is 3.05. The van der Waals surface area contributed by atoms with Gasteiger partial charge in [-0.2, -0.15) is 5.10 Å². The van der Waals surface area contributed by atoms with E-state index in [-0.39, 0.29) is 12.0 Å². The molecule has 0 saturated heterocycles. The van der Waals surface area contributed by atoms with Crippen LogP contribution in [-0.4, -0.2) is 21.0 Å². The molecule has 3 rings (SSSR count). The molecule has 1 aliphatic rings. The lowest BCUT2D eigenvalue weighted by Gasteiger charge is -2.26. The summed E-state index contributed by atoms with van der Waals surface area (Å²) < 4.78 is 1.96. The van der Waals surface area contributed by atoms with Crippen molar-refractivity contribution < 1.29 is 5.11 Å². The van der Waals surface area contributed by atoms with E-state index < -0.39 is 0 Å². The zero-order chi connectivity index (χ0) is 14.1. The van der Waals surface area contributed by atoms with Crippen molar-refractivity contribution in [2.75, 3.05) is 0 Å². The summed E-state index contributed by atoms with van der Waals surface area (Å²) in [5.41, 5.74) is 2.37. The predicted octanol–water partition coefficient (Wildman–Crippen LogP) is 3.55. The maximum atomic E-state index is 10.6. The van der Waals surface area contributed by atoms with E-state index in [0.29, 0.717) is 12.5 Å². The van der Waals surface area contributed by atoms with Gasteiger partial charge in [0.15, 0.2) is 0 Å². The van der Waals surface area contributed by atoms with Crippen molar-refractivity contribution in [2.45, 2.75) is 57.6 Å². The Balaban J connectivity index is 1.72. The smallest absolute Gasteiger partial charge is 0.0665 e. The fourth-order valence-corrected chi connectivity index (χ4v) is 4.05. The standard InChI is InChI=1S/C16H22N2OS/c1-11(2)18-8-6-12(17-18)10-15(19)13-4-3-5-16-14(13)7-9-20-16/h6-9,11,13,15,19H,3-5,10H2,1-2H3. The highest BCUT2D eigenvalue weighted by Gasteiger charge is 2.28. The molecule has 2 atom stereocenters. The number of hydrogen-bond acceptors (Lipinski definition) is 3. The Labute approximate surface area is 124 Å². The highest BCUT2D eigenvalue weighted by atomic mass is 32.1. The third-order valence-corrected chi connectivity index (χ3v) is 5.17. The molecule has 2 aromatic rings. The highest BCUT2D eigenvalue weighted by molar-refractivity contribution is 7.10. The molecule has 0 aliphatic heterocycles. The second-order valence-electron chi connectivity index (χ2n) is 5.95. The van der Waals surface area contributed by atoms with Crippen molar-refractivity contribution in [2.24, 2.45) is 0 Å². The lowest BCUT2D eigenvalue weighted by atomic mass is 9.82. The molecular formula is C16H22N2OS. The van der Waals surface area contributed by atoms with Gasteiger partial charge < -0.3 is 5.11 Å². The van der Waals surface area contributed by atoms with Gasteiger partial charge in [-0.1, -0.05) is 0 Å². The normalized spacial score (nSPS) is 20.1. The largest absolute Gasteiger partial charge is 0.392 e. The zero-order valence-electron chi connectivity index (χ0n) is 12.1. The van der Waals surface area contributed by atoms with Gasteiger partial charge in [-0.3, -0.25) is 4.68 Å². The average Bonchev–Trinajstić information content (AvgIpc) is 3.05. The van der Waals surface area contributed by atoms with Gasteiger partial charge in [0, 0.05) is 29.5 Å². The number of aliphatic hydroxyl groups excluding tert-OH is 1. The van der Waals surface area contributed by atoms with Gasteiger partial charge in [-0.25, -0.2) is 0 Å². The van der Waals surface area contributed by atoms with E-state index >= 15 is 0 Å². The SMILES string of the molecule is CC(C)n1ccc(CC(O)C2CCCc3sccc32)n1. The van der Waals surface area contributed by atoms with E-state index in [4.69, 9.17) is 0 Å². The summed E-state index contributed by atoms with van der Waals surface area (Å²) in [6.07, 6.45) is 5.80. The third kappa shape index (κ3) is 2.67. The van der Waals surface area contributed by atoms with Crippen molar-refractivity contribution in [3.63, 3.8) is 0 Å². The maximum Gasteiger partial charge on any atom is 0.0665 e. The summed E-state index contributed by atoms with van der Waals surface area (Å²) in [7, 11) is 0. The average molecular weight is 290 g/mol. The molecule has 20 heavy (non-hydrogen) atoms. The Kier molecular flexibility index (Phi) is 3.94. The van der Waals surface area contributed by atoms with Crippen LogP contribution in [0.1, 0.15) is 54.8 Å². The minimum atomic E-state index is -0.320. The number of fused-ring (bicyclic) bond motifs is 1. The molecule has 1 aliphatic carbocycles. The molecule has 0 aromatic carbocycles. The van der Waals surface area contributed by atoms with Gasteiger partial charge in [-0.05, 0) is 56.2 Å². The highest BCUT2D eigenvalue weighted by Crippen LogP contribution is 2.37. The first-order valence-electron chi connectivity index (χ1n) is 7.43. The Morgan fingerprint density at radius 2 is 2.30 bits per heavy atom. The van der Waals surface area contributed by atoms with Crippen LogP contribution in [0.2, 0.25) is 0 Å². The Bertz CT molecular complexity index is 573. The van der Waals surface area contributed by atoms with Crippen molar-refractivity contribution in [1.29, 1.82) is 0 Å². The summed E-state index contributed by atoms with van der Waals surface area (Å²) in [5, 5.41) is 17.3. The molecule has 0 bridgehead atoms. The summed E-state index contributed by atoms with van der Waals surface area (Å²) in [4.78, 5) is 1.47. The molecule has 3 nitrogen and oxygen atoms in total. The summed E-state index contributed by atoms with van der Waals surface area (Å²) >= 11 is 1.83. The molecule has 2 aromatic heterocycles. The zero-order valence-corrected chi connectivity index (χ0v) is 12.9. The van der Waals surface area contributed by atoms with Gasteiger partial charge >= 0.3 is 0 Å². The van der Waals surface area contributed by atoms with Crippen molar-refractivity contribution in [3.8, 4) is 0 Å². The van der Waals surface area contributed by atoms with Gasteiger partial charge in [0.2, 0.25) is 0 Å². The first-order chi connectivity index (χ1) is 9.65. The van der Waals surface area contributed by atoms with E-state index in [2.05, 4.69) is 30.4 Å². The van der Waals surface area contributed by atoms with Crippen LogP contribution in [0.4, 0.5) is 0 Å². The number of thiophene rings is 1. The Morgan fingerprint density at radius 1 is 1.45 bits per heavy atom. The quantitative estimate of drug-likeness (QED) is 0.935. The van der Waals surface area contributed by atoms with E-state index in [1.165, 1.54) is 23.3 Å². The molecule has 0 radical (unpaired) electrons. The Hall–Kier alpha value is -1.13. The minimum absolute atomic E-state index is 0.286. The second-order valence-corrected chi connectivity index (χ2v) is 6.95. The van der Waals surface area contributed by atoms with E-state index in [1.807, 2.05) is 28.3 Å². The van der Waals surface area contributed by atoms with Crippen LogP contribution in [-0.2, 0) is 12.8 Å². The van der Waals surface area contributed by atoms with Gasteiger partial charge in [-0.15, -0.1) is 11.3 Å². The van der Waals surface area contributed by atoms with Crippen molar-refractivity contribution in [1.82, 2.24) is 9.78 Å². The first kappa shape index (κ1) is 13.8. The second kappa shape index (κ2) is 5.70. The molecule has 0 amide bonds. The monoisotopic (exact) mass is 290 g/mol. The molecule has 4 heteroatoms. The lowest BCUT2D eigenvalue weighted by molar-refractivity contribution is 0.133. The number of nitrogens with zero attached hydrogens (tertiary/aromatic N) is 2. The fraction of sp³-hybridized carbons (Fsp3) is 0.562. The molecule has 1 N–H and O–H groups in total. The topological polar surface area (TPSA) is 38.0 Å². The molecular weight excluding hydrogens is 268 g/mol. The van der Waals surface area contributed by atoms with Crippen LogP contribution in [0.3, 0.4) is 0 Å².